The molecule has 0 bridgehead atoms. The summed E-state index contributed by atoms with van der Waals surface area (Å²) < 4.78 is 4.92. The van der Waals surface area contributed by atoms with Crippen LogP contribution in [0.4, 0.5) is 0 Å². The first-order valence-corrected chi connectivity index (χ1v) is 2.69. The van der Waals surface area contributed by atoms with E-state index in [2.05, 4.69) is 0 Å². The molecule has 1 unspecified atom stereocenters. The van der Waals surface area contributed by atoms with Crippen LogP contribution in [-0.2, 0) is 25.8 Å². The second kappa shape index (κ2) is 3.75. The van der Waals surface area contributed by atoms with E-state index in [9.17, 15) is 0 Å². The first-order chi connectivity index (χ1) is 4.25. The number of hydrogen-bond acceptors (Lipinski definition) is 3. The third-order valence-corrected chi connectivity index (χ3v) is 1.31. The molecule has 1 aliphatic heterocycles. The fourth-order valence-corrected chi connectivity index (χ4v) is 0.755. The summed E-state index contributed by atoms with van der Waals surface area (Å²) in [4.78, 5) is 0. The van der Waals surface area contributed by atoms with Gasteiger partial charge in [0.1, 0.15) is 18.4 Å². The van der Waals surface area contributed by atoms with Gasteiger partial charge in [-0.15, -0.1) is 0 Å². The summed E-state index contributed by atoms with van der Waals surface area (Å²) in [5.74, 6) is 0.0741. The largest absolute Gasteiger partial charge is 0.509 e. The zero-order chi connectivity index (χ0) is 6.85. The molecule has 1 aliphatic rings. The average molecular weight is 320 g/mol. The summed E-state index contributed by atoms with van der Waals surface area (Å²) in [5.41, 5.74) is 0.356. The van der Waals surface area contributed by atoms with E-state index in [0.717, 1.165) is 0 Å². The first kappa shape index (κ1) is 9.68. The van der Waals surface area contributed by atoms with Crippen LogP contribution >= 0.6 is 0 Å². The molecule has 0 fully saturated rings. The normalized spacial score (nSPS) is 23.8. The Hall–Kier alpha value is -0.322. The molecule has 0 radical (unpaired) electrons. The zero-order valence-electron chi connectivity index (χ0n) is 5.40. The monoisotopic (exact) mass is 320 g/mol. The minimum absolute atomic E-state index is 0. The third-order valence-electron chi connectivity index (χ3n) is 1.31. The van der Waals surface area contributed by atoms with Crippen molar-refractivity contribution in [2.45, 2.75) is 13.0 Å². The van der Waals surface area contributed by atoms with E-state index in [4.69, 9.17) is 15.1 Å². The smallest absolute Gasteiger partial charge is 0.134 e. The number of ether oxygens (including phenoxy) is 1. The Kier molecular flexibility index (Phi) is 3.63. The molecule has 0 aromatic rings. The molecule has 0 aliphatic carbocycles. The Labute approximate surface area is 73.6 Å². The van der Waals surface area contributed by atoms with Crippen LogP contribution < -0.4 is 0 Å². The van der Waals surface area contributed by atoms with Gasteiger partial charge in [0.2, 0.25) is 0 Å². The fourth-order valence-electron chi connectivity index (χ4n) is 0.755. The molecule has 3 nitrogen and oxygen atoms in total. The minimum atomic E-state index is -0.227. The summed E-state index contributed by atoms with van der Waals surface area (Å²) in [6, 6.07) is 1.87. The minimum Gasteiger partial charge on any atom is -0.509 e. The van der Waals surface area contributed by atoms with E-state index in [1.807, 2.05) is 6.07 Å². The number of hydrogen-bond donors (Lipinski definition) is 1. The maximum absolute atomic E-state index is 8.89. The van der Waals surface area contributed by atoms with Crippen molar-refractivity contribution in [2.75, 3.05) is 6.61 Å². The quantitative estimate of drug-likeness (QED) is 0.716. The van der Waals surface area contributed by atoms with Gasteiger partial charge in [0.25, 0.3) is 0 Å². The molecule has 1 atom stereocenters. The van der Waals surface area contributed by atoms with Crippen molar-refractivity contribution in [3.05, 3.63) is 11.3 Å². The molecule has 0 saturated heterocycles. The predicted molar refractivity (Wildman–Crippen MR) is 30.7 cm³/mol. The summed E-state index contributed by atoms with van der Waals surface area (Å²) in [6.45, 7) is 1.92. The Bertz CT molecular complexity index is 194. The second-order valence-electron chi connectivity index (χ2n) is 1.93. The van der Waals surface area contributed by atoms with Gasteiger partial charge in [0.15, 0.2) is 0 Å². The van der Waals surface area contributed by atoms with Crippen molar-refractivity contribution in [2.24, 2.45) is 0 Å². The number of aliphatic hydroxyl groups excluding tert-OH is 1. The Balaban J connectivity index is 0.000000810. The van der Waals surface area contributed by atoms with E-state index in [1.165, 1.54) is 0 Å². The number of aliphatic hydroxyl groups is 1. The van der Waals surface area contributed by atoms with Crippen LogP contribution in [0.5, 0.6) is 0 Å². The van der Waals surface area contributed by atoms with Crippen LogP contribution in [0.1, 0.15) is 6.92 Å². The molecule has 10 heavy (non-hydrogen) atoms. The average Bonchev–Trinajstić information content (AvgIpc) is 2.12. The molecule has 0 saturated carbocycles. The zero-order valence-corrected chi connectivity index (χ0v) is 7.68. The second-order valence-corrected chi connectivity index (χ2v) is 1.93. The van der Waals surface area contributed by atoms with Crippen molar-refractivity contribution in [3.63, 3.8) is 0 Å². The standard InChI is InChI=1S/C6H7NO2.Pt/c1-4-5(2-7)6(8)3-9-4;/h4,8H,3H2,1H3;. The molecule has 58 valence electrons. The van der Waals surface area contributed by atoms with Crippen molar-refractivity contribution in [1.82, 2.24) is 0 Å². The van der Waals surface area contributed by atoms with Gasteiger partial charge in [-0.1, -0.05) is 0 Å². The summed E-state index contributed by atoms with van der Waals surface area (Å²) in [7, 11) is 0. The maximum Gasteiger partial charge on any atom is 0.134 e. The summed E-state index contributed by atoms with van der Waals surface area (Å²) in [5, 5.41) is 17.3. The molecule has 1 heterocycles. The molecule has 0 amide bonds. The van der Waals surface area contributed by atoms with Gasteiger partial charge < -0.3 is 9.84 Å². The van der Waals surface area contributed by atoms with Crippen molar-refractivity contribution in [3.8, 4) is 6.07 Å². The van der Waals surface area contributed by atoms with E-state index in [0.29, 0.717) is 5.57 Å². The Morgan fingerprint density at radius 1 is 1.80 bits per heavy atom. The van der Waals surface area contributed by atoms with Crippen molar-refractivity contribution >= 4 is 0 Å². The molecule has 0 aromatic carbocycles. The fraction of sp³-hybridized carbons (Fsp3) is 0.500. The van der Waals surface area contributed by atoms with Crippen LogP contribution in [0.2, 0.25) is 0 Å². The summed E-state index contributed by atoms with van der Waals surface area (Å²) in [6.07, 6.45) is -0.227. The van der Waals surface area contributed by atoms with E-state index < -0.39 is 0 Å². The van der Waals surface area contributed by atoms with Gasteiger partial charge in [-0.25, -0.2) is 0 Å². The predicted octanol–water partition coefficient (Wildman–Crippen LogP) is 0.738. The molecular weight excluding hydrogens is 313 g/mol. The maximum atomic E-state index is 8.89. The van der Waals surface area contributed by atoms with Crippen LogP contribution in [-0.4, -0.2) is 17.8 Å². The molecule has 0 spiro atoms. The van der Waals surface area contributed by atoms with Gasteiger partial charge in [-0.2, -0.15) is 5.26 Å². The van der Waals surface area contributed by atoms with Crippen LogP contribution in [0.25, 0.3) is 0 Å². The first-order valence-electron chi connectivity index (χ1n) is 2.69. The molecular formula is C6H7NO2Pt. The third kappa shape index (κ3) is 1.59. The SMILES string of the molecule is CC1OCC(O)=C1C#N.[Pt]. The van der Waals surface area contributed by atoms with Crippen molar-refractivity contribution < 1.29 is 30.9 Å². The number of nitrogens with zero attached hydrogens (tertiary/aromatic N) is 1. The van der Waals surface area contributed by atoms with Gasteiger partial charge in [-0.05, 0) is 6.92 Å². The van der Waals surface area contributed by atoms with E-state index in [-0.39, 0.29) is 39.5 Å². The molecule has 1 N–H and O–H groups in total. The topological polar surface area (TPSA) is 53.2 Å². The molecule has 1 rings (SSSR count). The number of nitriles is 1. The molecule has 0 aromatic heterocycles. The van der Waals surface area contributed by atoms with Crippen LogP contribution in [0.15, 0.2) is 11.3 Å². The van der Waals surface area contributed by atoms with Gasteiger partial charge in [-0.3, -0.25) is 0 Å². The van der Waals surface area contributed by atoms with Crippen LogP contribution in [0, 0.1) is 11.3 Å². The summed E-state index contributed by atoms with van der Waals surface area (Å²) >= 11 is 0. The van der Waals surface area contributed by atoms with Gasteiger partial charge in [0, 0.05) is 21.1 Å². The Morgan fingerprint density at radius 2 is 2.40 bits per heavy atom. The molecule has 4 heteroatoms. The van der Waals surface area contributed by atoms with Gasteiger partial charge >= 0.3 is 0 Å². The van der Waals surface area contributed by atoms with Crippen LogP contribution in [0.3, 0.4) is 0 Å². The van der Waals surface area contributed by atoms with Gasteiger partial charge in [0.05, 0.1) is 11.7 Å². The Morgan fingerprint density at radius 3 is 2.60 bits per heavy atom. The van der Waals surface area contributed by atoms with Crippen molar-refractivity contribution in [1.29, 1.82) is 5.26 Å². The number of rotatable bonds is 0. The van der Waals surface area contributed by atoms with E-state index in [1.54, 1.807) is 6.92 Å². The van der Waals surface area contributed by atoms with E-state index >= 15 is 0 Å².